The molecule has 1 saturated heterocycles. The predicted octanol–water partition coefficient (Wildman–Crippen LogP) is 3.62. The van der Waals surface area contributed by atoms with Crippen LogP contribution in [-0.2, 0) is 6.42 Å². The first-order valence-corrected chi connectivity index (χ1v) is 8.64. The third-order valence-corrected chi connectivity index (χ3v) is 5.54. The van der Waals surface area contributed by atoms with Crippen molar-refractivity contribution in [2.75, 3.05) is 19.6 Å². The molecule has 2 aliphatic rings. The summed E-state index contributed by atoms with van der Waals surface area (Å²) in [6.45, 7) is 8.40. The van der Waals surface area contributed by atoms with Crippen molar-refractivity contribution in [1.29, 1.82) is 0 Å². The molecule has 1 aromatic rings. The molecule has 116 valence electrons. The van der Waals surface area contributed by atoms with Gasteiger partial charge < -0.3 is 5.32 Å². The van der Waals surface area contributed by atoms with Crippen molar-refractivity contribution in [3.8, 4) is 0 Å². The SMILES string of the molecule is CC1(C)CNC2(CCCC2)CN1CCCc1ccccc1. The molecule has 0 bridgehead atoms. The van der Waals surface area contributed by atoms with Crippen LogP contribution in [0.4, 0.5) is 0 Å². The van der Waals surface area contributed by atoms with Gasteiger partial charge in [-0.05, 0) is 51.6 Å². The van der Waals surface area contributed by atoms with Crippen LogP contribution in [-0.4, -0.2) is 35.6 Å². The number of nitrogens with zero attached hydrogens (tertiary/aromatic N) is 1. The lowest BCUT2D eigenvalue weighted by Crippen LogP contribution is -2.67. The van der Waals surface area contributed by atoms with E-state index in [1.54, 1.807) is 0 Å². The van der Waals surface area contributed by atoms with Crippen molar-refractivity contribution in [2.45, 2.75) is 63.5 Å². The normalized spacial score (nSPS) is 24.5. The van der Waals surface area contributed by atoms with Gasteiger partial charge in [-0.25, -0.2) is 0 Å². The van der Waals surface area contributed by atoms with Crippen LogP contribution in [0.5, 0.6) is 0 Å². The number of benzene rings is 1. The third kappa shape index (κ3) is 3.49. The summed E-state index contributed by atoms with van der Waals surface area (Å²) in [7, 11) is 0. The second-order valence-electron chi connectivity index (χ2n) is 7.66. The molecule has 1 aliphatic carbocycles. The predicted molar refractivity (Wildman–Crippen MR) is 89.6 cm³/mol. The molecule has 2 nitrogen and oxygen atoms in total. The lowest BCUT2D eigenvalue weighted by Gasteiger charge is -2.51. The number of nitrogens with one attached hydrogen (secondary N) is 1. The van der Waals surface area contributed by atoms with Crippen molar-refractivity contribution in [1.82, 2.24) is 10.2 Å². The maximum Gasteiger partial charge on any atom is 0.0309 e. The van der Waals surface area contributed by atoms with Crippen LogP contribution in [0.15, 0.2) is 30.3 Å². The Labute approximate surface area is 129 Å². The molecule has 3 rings (SSSR count). The zero-order valence-electron chi connectivity index (χ0n) is 13.7. The van der Waals surface area contributed by atoms with Gasteiger partial charge in [0.2, 0.25) is 0 Å². The molecule has 2 fully saturated rings. The Bertz CT molecular complexity index is 446. The largest absolute Gasteiger partial charge is 0.308 e. The number of hydrogen-bond acceptors (Lipinski definition) is 2. The van der Waals surface area contributed by atoms with E-state index >= 15 is 0 Å². The Balaban J connectivity index is 1.56. The topological polar surface area (TPSA) is 15.3 Å². The second kappa shape index (κ2) is 6.10. The molecule has 1 aromatic carbocycles. The zero-order chi connectivity index (χ0) is 14.8. The molecular formula is C19H30N2. The van der Waals surface area contributed by atoms with Crippen LogP contribution in [0.1, 0.15) is 51.5 Å². The average Bonchev–Trinajstić information content (AvgIpc) is 2.93. The van der Waals surface area contributed by atoms with Gasteiger partial charge in [0.1, 0.15) is 0 Å². The van der Waals surface area contributed by atoms with E-state index in [2.05, 4.69) is 54.4 Å². The number of piperazine rings is 1. The van der Waals surface area contributed by atoms with E-state index in [0.717, 1.165) is 6.54 Å². The van der Waals surface area contributed by atoms with Gasteiger partial charge in [0, 0.05) is 24.2 Å². The molecule has 0 aromatic heterocycles. The molecular weight excluding hydrogens is 256 g/mol. The fourth-order valence-corrected chi connectivity index (χ4v) is 4.04. The summed E-state index contributed by atoms with van der Waals surface area (Å²) in [5.41, 5.74) is 2.20. The van der Waals surface area contributed by atoms with Gasteiger partial charge in [-0.2, -0.15) is 0 Å². The van der Waals surface area contributed by atoms with Crippen molar-refractivity contribution in [3.63, 3.8) is 0 Å². The van der Waals surface area contributed by atoms with E-state index in [4.69, 9.17) is 0 Å². The minimum Gasteiger partial charge on any atom is -0.308 e. The Kier molecular flexibility index (Phi) is 4.37. The van der Waals surface area contributed by atoms with Gasteiger partial charge in [0.25, 0.3) is 0 Å². The maximum absolute atomic E-state index is 3.88. The van der Waals surface area contributed by atoms with Crippen LogP contribution >= 0.6 is 0 Å². The number of hydrogen-bond donors (Lipinski definition) is 1. The van der Waals surface area contributed by atoms with Crippen molar-refractivity contribution >= 4 is 0 Å². The highest BCUT2D eigenvalue weighted by Gasteiger charge is 2.43. The van der Waals surface area contributed by atoms with Gasteiger partial charge in [0.05, 0.1) is 0 Å². The van der Waals surface area contributed by atoms with Gasteiger partial charge in [-0.1, -0.05) is 43.2 Å². The Hall–Kier alpha value is -0.860. The molecule has 2 heteroatoms. The van der Waals surface area contributed by atoms with E-state index in [0.29, 0.717) is 11.1 Å². The van der Waals surface area contributed by atoms with Crippen molar-refractivity contribution in [3.05, 3.63) is 35.9 Å². The molecule has 0 amide bonds. The molecule has 1 heterocycles. The smallest absolute Gasteiger partial charge is 0.0309 e. The molecule has 0 atom stereocenters. The average molecular weight is 286 g/mol. The first kappa shape index (κ1) is 15.1. The van der Waals surface area contributed by atoms with E-state index in [1.165, 1.54) is 57.2 Å². The molecule has 1 saturated carbocycles. The van der Waals surface area contributed by atoms with E-state index in [9.17, 15) is 0 Å². The monoisotopic (exact) mass is 286 g/mol. The summed E-state index contributed by atoms with van der Waals surface area (Å²) in [5, 5.41) is 3.88. The Morgan fingerprint density at radius 1 is 1.10 bits per heavy atom. The van der Waals surface area contributed by atoms with Crippen molar-refractivity contribution in [2.24, 2.45) is 0 Å². The summed E-state index contributed by atoms with van der Waals surface area (Å²) < 4.78 is 0. The van der Waals surface area contributed by atoms with Crippen LogP contribution < -0.4 is 5.32 Å². The number of rotatable bonds is 4. The lowest BCUT2D eigenvalue weighted by molar-refractivity contribution is 0.0276. The van der Waals surface area contributed by atoms with Crippen LogP contribution in [0.25, 0.3) is 0 Å². The standard InChI is InChI=1S/C19H30N2/c1-18(2)15-20-19(12-6-7-13-19)16-21(18)14-8-11-17-9-4-3-5-10-17/h3-5,9-10,20H,6-8,11-16H2,1-2H3. The summed E-state index contributed by atoms with van der Waals surface area (Å²) in [6.07, 6.45) is 8.03. The molecule has 21 heavy (non-hydrogen) atoms. The highest BCUT2D eigenvalue weighted by Crippen LogP contribution is 2.35. The van der Waals surface area contributed by atoms with E-state index < -0.39 is 0 Å². The molecule has 0 radical (unpaired) electrons. The fourth-order valence-electron chi connectivity index (χ4n) is 4.04. The molecule has 1 aliphatic heterocycles. The first-order chi connectivity index (χ1) is 10.1. The van der Waals surface area contributed by atoms with Crippen molar-refractivity contribution < 1.29 is 0 Å². The van der Waals surface area contributed by atoms with Crippen LogP contribution in [0, 0.1) is 0 Å². The van der Waals surface area contributed by atoms with Gasteiger partial charge in [0.15, 0.2) is 0 Å². The lowest BCUT2D eigenvalue weighted by atomic mass is 9.87. The Morgan fingerprint density at radius 3 is 2.52 bits per heavy atom. The quantitative estimate of drug-likeness (QED) is 0.909. The zero-order valence-corrected chi connectivity index (χ0v) is 13.7. The first-order valence-electron chi connectivity index (χ1n) is 8.64. The summed E-state index contributed by atoms with van der Waals surface area (Å²) >= 11 is 0. The summed E-state index contributed by atoms with van der Waals surface area (Å²) in [5.74, 6) is 0. The molecule has 0 unspecified atom stereocenters. The summed E-state index contributed by atoms with van der Waals surface area (Å²) in [4.78, 5) is 2.75. The van der Waals surface area contributed by atoms with Gasteiger partial charge in [-0.3, -0.25) is 4.90 Å². The number of aryl methyl sites for hydroxylation is 1. The minimum atomic E-state index is 0.296. The van der Waals surface area contributed by atoms with Gasteiger partial charge >= 0.3 is 0 Å². The van der Waals surface area contributed by atoms with Crippen LogP contribution in [0.2, 0.25) is 0 Å². The maximum atomic E-state index is 3.88. The minimum absolute atomic E-state index is 0.296. The third-order valence-electron chi connectivity index (χ3n) is 5.54. The molecule has 1 N–H and O–H groups in total. The summed E-state index contributed by atoms with van der Waals surface area (Å²) in [6, 6.07) is 10.9. The fraction of sp³-hybridized carbons (Fsp3) is 0.684. The van der Waals surface area contributed by atoms with E-state index in [1.807, 2.05) is 0 Å². The van der Waals surface area contributed by atoms with Gasteiger partial charge in [-0.15, -0.1) is 0 Å². The molecule has 1 spiro atoms. The Morgan fingerprint density at radius 2 is 1.81 bits per heavy atom. The second-order valence-corrected chi connectivity index (χ2v) is 7.66. The van der Waals surface area contributed by atoms with Crippen LogP contribution in [0.3, 0.4) is 0 Å². The van der Waals surface area contributed by atoms with E-state index in [-0.39, 0.29) is 0 Å². The highest BCUT2D eigenvalue weighted by molar-refractivity contribution is 5.14. The highest BCUT2D eigenvalue weighted by atomic mass is 15.3.